The maximum absolute atomic E-state index is 12.0. The van der Waals surface area contributed by atoms with Gasteiger partial charge in [0.1, 0.15) is 0 Å². The Balaban J connectivity index is 1.88. The molecule has 0 saturated carbocycles. The van der Waals surface area contributed by atoms with Gasteiger partial charge in [0, 0.05) is 20.2 Å². The summed E-state index contributed by atoms with van der Waals surface area (Å²) in [6.45, 7) is 2.75. The van der Waals surface area contributed by atoms with Crippen molar-refractivity contribution in [3.05, 3.63) is 35.9 Å². The zero-order valence-corrected chi connectivity index (χ0v) is 11.5. The first-order valence-electron chi connectivity index (χ1n) is 6.86. The molecule has 1 aliphatic rings. The first-order chi connectivity index (χ1) is 9.31. The number of nitrogens with zero attached hydrogens (tertiary/aromatic N) is 1. The molecule has 4 heteroatoms. The fraction of sp³-hybridized carbons (Fsp3) is 0.533. The standard InChI is InChI=1S/C15H22N2O2/c1-19-12-14(13-7-3-2-4-8-13)16-11-15(18)17-9-5-6-10-17/h2-4,7-8,14,16H,5-6,9-12H2,1H3. The van der Waals surface area contributed by atoms with Crippen LogP contribution in [0.25, 0.3) is 0 Å². The molecular weight excluding hydrogens is 240 g/mol. The van der Waals surface area contributed by atoms with Crippen molar-refractivity contribution in [2.75, 3.05) is 33.4 Å². The van der Waals surface area contributed by atoms with Crippen LogP contribution in [0, 0.1) is 0 Å². The van der Waals surface area contributed by atoms with Crippen molar-refractivity contribution in [1.29, 1.82) is 0 Å². The third kappa shape index (κ3) is 4.04. The lowest BCUT2D eigenvalue weighted by atomic mass is 10.1. The monoisotopic (exact) mass is 262 g/mol. The van der Waals surface area contributed by atoms with E-state index in [1.54, 1.807) is 7.11 Å². The first kappa shape index (κ1) is 14.0. The van der Waals surface area contributed by atoms with Gasteiger partial charge >= 0.3 is 0 Å². The SMILES string of the molecule is COCC(NCC(=O)N1CCCC1)c1ccccc1. The van der Waals surface area contributed by atoms with Crippen LogP contribution >= 0.6 is 0 Å². The second kappa shape index (κ2) is 7.26. The minimum absolute atomic E-state index is 0.0674. The molecule has 1 aliphatic heterocycles. The molecule has 1 aromatic carbocycles. The van der Waals surface area contributed by atoms with Gasteiger partial charge in [-0.1, -0.05) is 30.3 Å². The molecular formula is C15H22N2O2. The van der Waals surface area contributed by atoms with Crippen molar-refractivity contribution < 1.29 is 9.53 Å². The number of nitrogens with one attached hydrogen (secondary N) is 1. The van der Waals surface area contributed by atoms with Crippen LogP contribution in [-0.2, 0) is 9.53 Å². The minimum Gasteiger partial charge on any atom is -0.383 e. The van der Waals surface area contributed by atoms with Gasteiger partial charge in [0.05, 0.1) is 19.2 Å². The molecule has 19 heavy (non-hydrogen) atoms. The Bertz CT molecular complexity index is 388. The molecule has 0 spiro atoms. The van der Waals surface area contributed by atoms with Crippen molar-refractivity contribution in [3.8, 4) is 0 Å². The Morgan fingerprint density at radius 1 is 1.32 bits per heavy atom. The van der Waals surface area contributed by atoms with Crippen molar-refractivity contribution in [2.45, 2.75) is 18.9 Å². The van der Waals surface area contributed by atoms with E-state index in [2.05, 4.69) is 17.4 Å². The molecule has 1 fully saturated rings. The van der Waals surface area contributed by atoms with Gasteiger partial charge in [-0.05, 0) is 18.4 Å². The molecule has 1 amide bonds. The molecule has 1 aromatic rings. The molecule has 1 N–H and O–H groups in total. The average molecular weight is 262 g/mol. The fourth-order valence-electron chi connectivity index (χ4n) is 2.41. The van der Waals surface area contributed by atoms with E-state index in [9.17, 15) is 4.79 Å². The number of likely N-dealkylation sites (tertiary alicyclic amines) is 1. The lowest BCUT2D eigenvalue weighted by Gasteiger charge is -2.21. The topological polar surface area (TPSA) is 41.6 Å². The normalized spacial score (nSPS) is 16.6. The van der Waals surface area contributed by atoms with E-state index in [-0.39, 0.29) is 11.9 Å². The van der Waals surface area contributed by atoms with Gasteiger partial charge in [0.15, 0.2) is 0 Å². The molecule has 0 aromatic heterocycles. The Morgan fingerprint density at radius 2 is 2.00 bits per heavy atom. The van der Waals surface area contributed by atoms with Crippen LogP contribution in [-0.4, -0.2) is 44.2 Å². The summed E-state index contributed by atoms with van der Waals surface area (Å²) in [4.78, 5) is 13.9. The summed E-state index contributed by atoms with van der Waals surface area (Å²) in [6, 6.07) is 10.2. The zero-order valence-electron chi connectivity index (χ0n) is 11.5. The summed E-state index contributed by atoms with van der Waals surface area (Å²) in [5.41, 5.74) is 1.15. The zero-order chi connectivity index (χ0) is 13.5. The van der Waals surface area contributed by atoms with E-state index in [1.165, 1.54) is 0 Å². The van der Waals surface area contributed by atoms with Crippen LogP contribution in [0.3, 0.4) is 0 Å². The van der Waals surface area contributed by atoms with Gasteiger partial charge in [-0.25, -0.2) is 0 Å². The molecule has 0 radical (unpaired) electrons. The van der Waals surface area contributed by atoms with Crippen LogP contribution in [0.5, 0.6) is 0 Å². The average Bonchev–Trinajstić information content (AvgIpc) is 2.98. The number of methoxy groups -OCH3 is 1. The number of carbonyl (C=O) groups excluding carboxylic acids is 1. The number of ether oxygens (including phenoxy) is 1. The molecule has 1 unspecified atom stereocenters. The van der Waals surface area contributed by atoms with Crippen molar-refractivity contribution in [1.82, 2.24) is 10.2 Å². The van der Waals surface area contributed by atoms with Gasteiger partial charge in [-0.15, -0.1) is 0 Å². The number of rotatable bonds is 6. The summed E-state index contributed by atoms with van der Waals surface area (Å²) in [7, 11) is 1.68. The highest BCUT2D eigenvalue weighted by atomic mass is 16.5. The van der Waals surface area contributed by atoms with E-state index < -0.39 is 0 Å². The quantitative estimate of drug-likeness (QED) is 0.846. The summed E-state index contributed by atoms with van der Waals surface area (Å²) in [5.74, 6) is 0.189. The Hall–Kier alpha value is -1.39. The van der Waals surface area contributed by atoms with E-state index >= 15 is 0 Å². The number of hydrogen-bond acceptors (Lipinski definition) is 3. The second-order valence-electron chi connectivity index (χ2n) is 4.89. The highest BCUT2D eigenvalue weighted by Gasteiger charge is 2.19. The molecule has 104 valence electrons. The van der Waals surface area contributed by atoms with Gasteiger partial charge < -0.3 is 9.64 Å². The molecule has 0 bridgehead atoms. The summed E-state index contributed by atoms with van der Waals surface area (Å²) < 4.78 is 5.23. The maximum Gasteiger partial charge on any atom is 0.236 e. The smallest absolute Gasteiger partial charge is 0.236 e. The number of hydrogen-bond donors (Lipinski definition) is 1. The van der Waals surface area contributed by atoms with Gasteiger partial charge in [-0.2, -0.15) is 0 Å². The molecule has 1 atom stereocenters. The van der Waals surface area contributed by atoms with Crippen LogP contribution in [0.15, 0.2) is 30.3 Å². The molecule has 4 nitrogen and oxygen atoms in total. The van der Waals surface area contributed by atoms with Crippen LogP contribution < -0.4 is 5.32 Å². The minimum atomic E-state index is 0.0674. The summed E-state index contributed by atoms with van der Waals surface area (Å²) >= 11 is 0. The van der Waals surface area contributed by atoms with Gasteiger partial charge in [0.2, 0.25) is 5.91 Å². The molecule has 1 heterocycles. The Labute approximate surface area is 114 Å². The van der Waals surface area contributed by atoms with Crippen LogP contribution in [0.4, 0.5) is 0 Å². The Kier molecular flexibility index (Phi) is 5.36. The van der Waals surface area contributed by atoms with E-state index in [0.717, 1.165) is 31.5 Å². The van der Waals surface area contributed by atoms with Gasteiger partial charge in [-0.3, -0.25) is 10.1 Å². The van der Waals surface area contributed by atoms with E-state index in [1.807, 2.05) is 23.1 Å². The third-order valence-corrected chi connectivity index (χ3v) is 3.49. The highest BCUT2D eigenvalue weighted by molar-refractivity contribution is 5.78. The predicted octanol–water partition coefficient (Wildman–Crippen LogP) is 1.59. The van der Waals surface area contributed by atoms with E-state index in [0.29, 0.717) is 13.2 Å². The van der Waals surface area contributed by atoms with Crippen molar-refractivity contribution in [2.24, 2.45) is 0 Å². The maximum atomic E-state index is 12.0. The van der Waals surface area contributed by atoms with E-state index in [4.69, 9.17) is 4.74 Å². The van der Waals surface area contributed by atoms with Crippen LogP contribution in [0.1, 0.15) is 24.4 Å². The van der Waals surface area contributed by atoms with Gasteiger partial charge in [0.25, 0.3) is 0 Å². The lowest BCUT2D eigenvalue weighted by Crippen LogP contribution is -2.38. The lowest BCUT2D eigenvalue weighted by molar-refractivity contribution is -0.129. The first-order valence-corrected chi connectivity index (χ1v) is 6.86. The fourth-order valence-corrected chi connectivity index (χ4v) is 2.41. The third-order valence-electron chi connectivity index (χ3n) is 3.49. The molecule has 2 rings (SSSR count). The number of benzene rings is 1. The second-order valence-corrected chi connectivity index (χ2v) is 4.89. The number of carbonyl (C=O) groups is 1. The summed E-state index contributed by atoms with van der Waals surface area (Å²) in [5, 5.41) is 3.30. The van der Waals surface area contributed by atoms with Crippen molar-refractivity contribution >= 4 is 5.91 Å². The van der Waals surface area contributed by atoms with Crippen LogP contribution in [0.2, 0.25) is 0 Å². The summed E-state index contributed by atoms with van der Waals surface area (Å²) in [6.07, 6.45) is 2.26. The highest BCUT2D eigenvalue weighted by Crippen LogP contribution is 2.13. The predicted molar refractivity (Wildman–Crippen MR) is 74.9 cm³/mol. The largest absolute Gasteiger partial charge is 0.383 e. The Morgan fingerprint density at radius 3 is 2.63 bits per heavy atom. The number of amides is 1. The molecule has 0 aliphatic carbocycles. The van der Waals surface area contributed by atoms with Crippen molar-refractivity contribution in [3.63, 3.8) is 0 Å². The molecule has 1 saturated heterocycles.